The predicted octanol–water partition coefficient (Wildman–Crippen LogP) is 2.81. The maximum absolute atomic E-state index is 12.6. The summed E-state index contributed by atoms with van der Waals surface area (Å²) in [6.07, 6.45) is -4.51. The number of ether oxygens (including phenoxy) is 1. The molecule has 0 aliphatic heterocycles. The van der Waals surface area contributed by atoms with Crippen LogP contribution >= 0.6 is 0 Å². The fourth-order valence-electron chi connectivity index (χ4n) is 1.56. The largest absolute Gasteiger partial charge is 0.437 e. The predicted molar refractivity (Wildman–Crippen MR) is 65.9 cm³/mol. The lowest BCUT2D eigenvalue weighted by Crippen LogP contribution is -2.15. The molecular weight excluding hydrogens is 273 g/mol. The fraction of sp³-hybridized carbons (Fsp3) is 0.167. The molecule has 0 atom stereocenters. The van der Waals surface area contributed by atoms with E-state index >= 15 is 0 Å². The van der Waals surface area contributed by atoms with Gasteiger partial charge < -0.3 is 10.5 Å². The van der Waals surface area contributed by atoms with Crippen LogP contribution in [0.15, 0.2) is 24.3 Å². The van der Waals surface area contributed by atoms with Crippen LogP contribution in [0.3, 0.4) is 0 Å². The van der Waals surface area contributed by atoms with Crippen LogP contribution in [0.5, 0.6) is 11.6 Å². The number of rotatable bonds is 3. The summed E-state index contributed by atoms with van der Waals surface area (Å²) in [5, 5.41) is 13.8. The fourth-order valence-corrected chi connectivity index (χ4v) is 1.56. The standard InChI is InChI=1S/C12H11F3N4O/c1-6-4-10(19-18-6)20-9-3-2-7(12(13,14)15)5-8(9)11(16)17/h2-5H,1H3,(H3,16,17)(H,18,19). The van der Waals surface area contributed by atoms with Crippen LogP contribution in [0, 0.1) is 12.3 Å². The molecule has 0 aliphatic rings. The Bertz CT molecular complexity index is 648. The van der Waals surface area contributed by atoms with Crippen molar-refractivity contribution in [2.24, 2.45) is 5.73 Å². The van der Waals surface area contributed by atoms with Gasteiger partial charge in [0.05, 0.1) is 11.1 Å². The number of aryl methyl sites for hydroxylation is 1. The van der Waals surface area contributed by atoms with Crippen molar-refractivity contribution in [3.63, 3.8) is 0 Å². The number of hydrogen-bond acceptors (Lipinski definition) is 3. The minimum absolute atomic E-state index is 0.0389. The first-order valence-electron chi connectivity index (χ1n) is 5.53. The number of aromatic amines is 1. The van der Waals surface area contributed by atoms with Gasteiger partial charge in [-0.05, 0) is 25.1 Å². The van der Waals surface area contributed by atoms with Crippen molar-refractivity contribution in [2.75, 3.05) is 0 Å². The zero-order valence-electron chi connectivity index (χ0n) is 10.4. The van der Waals surface area contributed by atoms with E-state index in [1.165, 1.54) is 0 Å². The van der Waals surface area contributed by atoms with Crippen molar-refractivity contribution in [1.82, 2.24) is 10.2 Å². The summed E-state index contributed by atoms with van der Waals surface area (Å²) in [6, 6.07) is 4.32. The average molecular weight is 284 g/mol. The van der Waals surface area contributed by atoms with E-state index in [4.69, 9.17) is 15.9 Å². The number of benzene rings is 1. The summed E-state index contributed by atoms with van der Waals surface area (Å²) in [4.78, 5) is 0. The van der Waals surface area contributed by atoms with Crippen LogP contribution in [0.1, 0.15) is 16.8 Å². The number of H-pyrrole nitrogens is 1. The number of hydrogen-bond donors (Lipinski definition) is 3. The zero-order valence-corrected chi connectivity index (χ0v) is 10.4. The van der Waals surface area contributed by atoms with Crippen molar-refractivity contribution in [3.05, 3.63) is 41.1 Å². The minimum Gasteiger partial charge on any atom is -0.437 e. The molecule has 1 heterocycles. The Morgan fingerprint density at radius 2 is 2.05 bits per heavy atom. The molecule has 0 unspecified atom stereocenters. The number of nitrogens with two attached hydrogens (primary N) is 1. The van der Waals surface area contributed by atoms with E-state index in [1.807, 2.05) is 0 Å². The molecular formula is C12H11F3N4O. The quantitative estimate of drug-likeness (QED) is 0.598. The Hall–Kier alpha value is -2.51. The average Bonchev–Trinajstić information content (AvgIpc) is 2.73. The second-order valence-electron chi connectivity index (χ2n) is 4.11. The second kappa shape index (κ2) is 4.87. The third-order valence-corrected chi connectivity index (χ3v) is 2.49. The molecule has 0 fully saturated rings. The van der Waals surface area contributed by atoms with Gasteiger partial charge in [-0.25, -0.2) is 0 Å². The summed E-state index contributed by atoms with van der Waals surface area (Å²) < 4.78 is 43.2. The van der Waals surface area contributed by atoms with Crippen molar-refractivity contribution in [3.8, 4) is 11.6 Å². The van der Waals surface area contributed by atoms with E-state index < -0.39 is 17.6 Å². The molecule has 0 spiro atoms. The third kappa shape index (κ3) is 2.90. The number of amidine groups is 1. The summed E-state index contributed by atoms with van der Waals surface area (Å²) in [5.41, 5.74) is 4.99. The molecule has 0 aliphatic carbocycles. The van der Waals surface area contributed by atoms with Gasteiger partial charge >= 0.3 is 6.18 Å². The van der Waals surface area contributed by atoms with Crippen LogP contribution in [0.4, 0.5) is 13.2 Å². The van der Waals surface area contributed by atoms with Gasteiger partial charge in [0.25, 0.3) is 0 Å². The van der Waals surface area contributed by atoms with Gasteiger partial charge in [-0.2, -0.15) is 13.2 Å². The molecule has 0 saturated carbocycles. The van der Waals surface area contributed by atoms with Crippen LogP contribution in [-0.4, -0.2) is 16.0 Å². The molecule has 0 bridgehead atoms. The molecule has 0 saturated heterocycles. The molecule has 106 valence electrons. The van der Waals surface area contributed by atoms with Gasteiger partial charge in [-0.1, -0.05) is 0 Å². The Morgan fingerprint density at radius 3 is 2.55 bits per heavy atom. The molecule has 2 aromatic rings. The second-order valence-corrected chi connectivity index (χ2v) is 4.11. The highest BCUT2D eigenvalue weighted by molar-refractivity contribution is 5.97. The van der Waals surface area contributed by atoms with Crippen LogP contribution in [-0.2, 0) is 6.18 Å². The maximum Gasteiger partial charge on any atom is 0.416 e. The monoisotopic (exact) mass is 284 g/mol. The molecule has 8 heteroatoms. The summed E-state index contributed by atoms with van der Waals surface area (Å²) in [5.74, 6) is -0.292. The van der Waals surface area contributed by atoms with E-state index in [0.29, 0.717) is 0 Å². The molecule has 4 N–H and O–H groups in total. The van der Waals surface area contributed by atoms with Crippen LogP contribution in [0.25, 0.3) is 0 Å². The van der Waals surface area contributed by atoms with Gasteiger partial charge in [0, 0.05) is 11.8 Å². The van der Waals surface area contributed by atoms with Gasteiger partial charge in [0.15, 0.2) is 0 Å². The van der Waals surface area contributed by atoms with E-state index in [-0.39, 0.29) is 17.2 Å². The number of halogens is 3. The highest BCUT2D eigenvalue weighted by Crippen LogP contribution is 2.33. The Balaban J connectivity index is 2.40. The van der Waals surface area contributed by atoms with E-state index in [0.717, 1.165) is 23.9 Å². The van der Waals surface area contributed by atoms with Gasteiger partial charge in [0.1, 0.15) is 11.6 Å². The highest BCUT2D eigenvalue weighted by atomic mass is 19.4. The van der Waals surface area contributed by atoms with Crippen LogP contribution in [0.2, 0.25) is 0 Å². The highest BCUT2D eigenvalue weighted by Gasteiger charge is 2.31. The lowest BCUT2D eigenvalue weighted by molar-refractivity contribution is -0.137. The molecule has 1 aromatic carbocycles. The number of aromatic nitrogens is 2. The summed E-state index contributed by atoms with van der Waals surface area (Å²) in [6.45, 7) is 1.75. The van der Waals surface area contributed by atoms with Crippen molar-refractivity contribution < 1.29 is 17.9 Å². The van der Waals surface area contributed by atoms with Crippen molar-refractivity contribution in [1.29, 1.82) is 5.41 Å². The van der Waals surface area contributed by atoms with Crippen molar-refractivity contribution >= 4 is 5.84 Å². The topological polar surface area (TPSA) is 87.8 Å². The number of alkyl halides is 3. The lowest BCUT2D eigenvalue weighted by atomic mass is 10.1. The smallest absolute Gasteiger partial charge is 0.416 e. The van der Waals surface area contributed by atoms with Crippen LogP contribution < -0.4 is 10.5 Å². The summed E-state index contributed by atoms with van der Waals surface area (Å²) >= 11 is 0. The van der Waals surface area contributed by atoms with E-state index in [2.05, 4.69) is 10.2 Å². The zero-order chi connectivity index (χ0) is 14.9. The van der Waals surface area contributed by atoms with E-state index in [9.17, 15) is 13.2 Å². The molecule has 1 aromatic heterocycles. The Kier molecular flexibility index (Phi) is 3.39. The minimum atomic E-state index is -4.51. The Morgan fingerprint density at radius 1 is 1.35 bits per heavy atom. The normalized spacial score (nSPS) is 11.4. The molecule has 0 amide bonds. The van der Waals surface area contributed by atoms with Gasteiger partial charge in [0.2, 0.25) is 5.88 Å². The number of nitrogen functional groups attached to an aromatic ring is 1. The first kappa shape index (κ1) is 13.9. The molecule has 2 rings (SSSR count). The molecule has 0 radical (unpaired) electrons. The first-order valence-corrected chi connectivity index (χ1v) is 5.53. The lowest BCUT2D eigenvalue weighted by Gasteiger charge is -2.12. The first-order chi connectivity index (χ1) is 9.27. The van der Waals surface area contributed by atoms with Crippen molar-refractivity contribution in [2.45, 2.75) is 13.1 Å². The maximum atomic E-state index is 12.6. The SMILES string of the molecule is Cc1cc(Oc2ccc(C(F)(F)F)cc2C(=N)N)n[nH]1. The molecule has 20 heavy (non-hydrogen) atoms. The van der Waals surface area contributed by atoms with Gasteiger partial charge in [-0.15, -0.1) is 5.10 Å². The Labute approximate surface area is 112 Å². The van der Waals surface area contributed by atoms with Gasteiger partial charge in [-0.3, -0.25) is 10.5 Å². The summed E-state index contributed by atoms with van der Waals surface area (Å²) in [7, 11) is 0. The van der Waals surface area contributed by atoms with E-state index in [1.54, 1.807) is 13.0 Å². The third-order valence-electron chi connectivity index (χ3n) is 2.49. The number of nitrogens with one attached hydrogen (secondary N) is 2. The molecule has 5 nitrogen and oxygen atoms in total. The number of nitrogens with zero attached hydrogens (tertiary/aromatic N) is 1.